The van der Waals surface area contributed by atoms with Gasteiger partial charge < -0.3 is 4.74 Å². The SMILES string of the molecule is O=C(COCCCC(F)(F)F)C1CCCCC1. The number of rotatable bonds is 6. The third-order valence-corrected chi connectivity index (χ3v) is 3.05. The molecule has 0 bridgehead atoms. The number of hydrogen-bond acceptors (Lipinski definition) is 2. The molecule has 0 amide bonds. The minimum atomic E-state index is -4.13. The quantitative estimate of drug-likeness (QED) is 0.676. The van der Waals surface area contributed by atoms with Gasteiger partial charge in [0, 0.05) is 18.9 Å². The van der Waals surface area contributed by atoms with E-state index in [0.29, 0.717) is 0 Å². The highest BCUT2D eigenvalue weighted by atomic mass is 19.4. The molecule has 0 saturated heterocycles. The second kappa shape index (κ2) is 6.99. The molecule has 1 aliphatic rings. The molecule has 0 aromatic heterocycles. The van der Waals surface area contributed by atoms with Crippen molar-refractivity contribution in [3.8, 4) is 0 Å². The van der Waals surface area contributed by atoms with Crippen LogP contribution < -0.4 is 0 Å². The number of carbonyl (C=O) groups excluding carboxylic acids is 1. The maximum Gasteiger partial charge on any atom is 0.389 e. The van der Waals surface area contributed by atoms with Crippen LogP contribution in [-0.2, 0) is 9.53 Å². The van der Waals surface area contributed by atoms with Crippen LogP contribution in [0.25, 0.3) is 0 Å². The van der Waals surface area contributed by atoms with E-state index in [9.17, 15) is 18.0 Å². The molecule has 0 N–H and O–H groups in total. The predicted octanol–water partition coefficient (Wildman–Crippen LogP) is 3.49. The molecule has 0 aromatic carbocycles. The number of carbonyl (C=O) groups is 1. The van der Waals surface area contributed by atoms with Crippen LogP contribution in [0.5, 0.6) is 0 Å². The third-order valence-electron chi connectivity index (χ3n) is 3.05. The molecule has 5 heteroatoms. The van der Waals surface area contributed by atoms with E-state index in [-0.39, 0.29) is 31.3 Å². The molecule has 0 heterocycles. The van der Waals surface area contributed by atoms with E-state index in [4.69, 9.17) is 4.74 Å². The zero-order chi connectivity index (χ0) is 12.7. The standard InChI is InChI=1S/C12H19F3O2/c13-12(14,15)7-4-8-17-9-11(16)10-5-2-1-3-6-10/h10H,1-9H2. The fraction of sp³-hybridized carbons (Fsp3) is 0.917. The number of ketones is 1. The molecule has 0 radical (unpaired) electrons. The van der Waals surface area contributed by atoms with Gasteiger partial charge in [-0.2, -0.15) is 13.2 Å². The summed E-state index contributed by atoms with van der Waals surface area (Å²) in [4.78, 5) is 11.6. The monoisotopic (exact) mass is 252 g/mol. The van der Waals surface area contributed by atoms with Crippen LogP contribution in [0.15, 0.2) is 0 Å². The van der Waals surface area contributed by atoms with Crippen molar-refractivity contribution in [1.29, 1.82) is 0 Å². The summed E-state index contributed by atoms with van der Waals surface area (Å²) in [6, 6.07) is 0. The summed E-state index contributed by atoms with van der Waals surface area (Å²) < 4.78 is 40.4. The van der Waals surface area contributed by atoms with Gasteiger partial charge in [0.2, 0.25) is 0 Å². The Morgan fingerprint density at radius 2 is 1.82 bits per heavy atom. The van der Waals surface area contributed by atoms with Gasteiger partial charge in [0.1, 0.15) is 6.61 Å². The predicted molar refractivity (Wildman–Crippen MR) is 57.7 cm³/mol. The smallest absolute Gasteiger partial charge is 0.374 e. The Kier molecular flexibility index (Phi) is 5.95. The number of alkyl halides is 3. The fourth-order valence-electron chi connectivity index (χ4n) is 2.09. The van der Waals surface area contributed by atoms with Gasteiger partial charge in [-0.3, -0.25) is 4.79 Å². The lowest BCUT2D eigenvalue weighted by molar-refractivity contribution is -0.139. The highest BCUT2D eigenvalue weighted by Gasteiger charge is 2.26. The lowest BCUT2D eigenvalue weighted by Crippen LogP contribution is -2.22. The zero-order valence-electron chi connectivity index (χ0n) is 9.89. The first kappa shape index (κ1) is 14.5. The Balaban J connectivity index is 2.04. The molecule has 100 valence electrons. The van der Waals surface area contributed by atoms with E-state index < -0.39 is 12.6 Å². The molecule has 1 rings (SSSR count). The Hall–Kier alpha value is -0.580. The minimum absolute atomic E-state index is 0.0119. The summed E-state index contributed by atoms with van der Waals surface area (Å²) in [6.07, 6.45) is 0.101. The molecule has 0 atom stereocenters. The molecule has 1 fully saturated rings. The molecule has 0 aromatic rings. The minimum Gasteiger partial charge on any atom is -0.374 e. The van der Waals surface area contributed by atoms with Crippen molar-refractivity contribution in [2.24, 2.45) is 5.92 Å². The molecular weight excluding hydrogens is 233 g/mol. The summed E-state index contributed by atoms with van der Waals surface area (Å²) >= 11 is 0. The molecule has 2 nitrogen and oxygen atoms in total. The van der Waals surface area contributed by atoms with Gasteiger partial charge in [-0.15, -0.1) is 0 Å². The van der Waals surface area contributed by atoms with Crippen LogP contribution in [0.1, 0.15) is 44.9 Å². The number of ether oxygens (including phenoxy) is 1. The van der Waals surface area contributed by atoms with Crippen LogP contribution in [0.2, 0.25) is 0 Å². The second-order valence-corrected chi connectivity index (χ2v) is 4.57. The maximum absolute atomic E-state index is 11.8. The van der Waals surface area contributed by atoms with Gasteiger partial charge >= 0.3 is 6.18 Å². The summed E-state index contributed by atoms with van der Waals surface area (Å²) in [5.41, 5.74) is 0. The van der Waals surface area contributed by atoms with E-state index in [1.54, 1.807) is 0 Å². The molecular formula is C12H19F3O2. The molecule has 0 unspecified atom stereocenters. The first-order chi connectivity index (χ1) is 7.99. The lowest BCUT2D eigenvalue weighted by Gasteiger charge is -2.20. The Labute approximate surface area is 99.5 Å². The van der Waals surface area contributed by atoms with Crippen LogP contribution in [0, 0.1) is 5.92 Å². The largest absolute Gasteiger partial charge is 0.389 e. The molecule has 17 heavy (non-hydrogen) atoms. The van der Waals surface area contributed by atoms with E-state index in [0.717, 1.165) is 25.7 Å². The van der Waals surface area contributed by atoms with Crippen LogP contribution in [0.4, 0.5) is 13.2 Å². The van der Waals surface area contributed by atoms with Crippen molar-refractivity contribution < 1.29 is 22.7 Å². The normalized spacial score (nSPS) is 18.3. The van der Waals surface area contributed by atoms with E-state index in [1.165, 1.54) is 6.42 Å². The van der Waals surface area contributed by atoms with Crippen molar-refractivity contribution in [3.05, 3.63) is 0 Å². The first-order valence-electron chi connectivity index (χ1n) is 6.16. The Morgan fingerprint density at radius 3 is 2.41 bits per heavy atom. The summed E-state index contributed by atoms with van der Waals surface area (Å²) in [5.74, 6) is 0.128. The van der Waals surface area contributed by atoms with Crippen molar-refractivity contribution in [1.82, 2.24) is 0 Å². The Morgan fingerprint density at radius 1 is 1.18 bits per heavy atom. The average Bonchev–Trinajstić information content (AvgIpc) is 2.28. The van der Waals surface area contributed by atoms with Crippen LogP contribution in [-0.4, -0.2) is 25.2 Å². The van der Waals surface area contributed by atoms with Gasteiger partial charge in [-0.25, -0.2) is 0 Å². The summed E-state index contributed by atoms with van der Waals surface area (Å²) in [6.45, 7) is -0.0134. The summed E-state index contributed by atoms with van der Waals surface area (Å²) in [5, 5.41) is 0. The maximum atomic E-state index is 11.8. The second-order valence-electron chi connectivity index (χ2n) is 4.57. The highest BCUT2D eigenvalue weighted by Crippen LogP contribution is 2.24. The van der Waals surface area contributed by atoms with Crippen LogP contribution in [0.3, 0.4) is 0 Å². The van der Waals surface area contributed by atoms with Crippen LogP contribution >= 0.6 is 0 Å². The molecule has 0 spiro atoms. The van der Waals surface area contributed by atoms with Crippen molar-refractivity contribution in [2.75, 3.05) is 13.2 Å². The summed E-state index contributed by atoms with van der Waals surface area (Å²) in [7, 11) is 0. The van der Waals surface area contributed by atoms with Crippen molar-refractivity contribution in [2.45, 2.75) is 51.1 Å². The van der Waals surface area contributed by atoms with Gasteiger partial charge in [-0.05, 0) is 19.3 Å². The number of halogens is 3. The lowest BCUT2D eigenvalue weighted by atomic mass is 9.86. The average molecular weight is 252 g/mol. The van der Waals surface area contributed by atoms with E-state index in [1.807, 2.05) is 0 Å². The first-order valence-corrected chi connectivity index (χ1v) is 6.16. The van der Waals surface area contributed by atoms with Gasteiger partial charge in [0.05, 0.1) is 0 Å². The van der Waals surface area contributed by atoms with Gasteiger partial charge in [0.15, 0.2) is 5.78 Å². The molecule has 1 aliphatic carbocycles. The van der Waals surface area contributed by atoms with Gasteiger partial charge in [0.25, 0.3) is 0 Å². The van der Waals surface area contributed by atoms with Crippen molar-refractivity contribution >= 4 is 5.78 Å². The zero-order valence-corrected chi connectivity index (χ0v) is 9.89. The molecule has 0 aliphatic heterocycles. The van der Waals surface area contributed by atoms with E-state index in [2.05, 4.69) is 0 Å². The number of Topliss-reactive ketones (excluding diaryl/α,β-unsaturated/α-hetero) is 1. The topological polar surface area (TPSA) is 26.3 Å². The molecule has 1 saturated carbocycles. The highest BCUT2D eigenvalue weighted by molar-refractivity contribution is 5.82. The third kappa shape index (κ3) is 6.66. The van der Waals surface area contributed by atoms with Crippen molar-refractivity contribution in [3.63, 3.8) is 0 Å². The Bertz CT molecular complexity index is 232. The fourth-order valence-corrected chi connectivity index (χ4v) is 2.09. The number of hydrogen-bond donors (Lipinski definition) is 0. The van der Waals surface area contributed by atoms with E-state index >= 15 is 0 Å². The van der Waals surface area contributed by atoms with Gasteiger partial charge in [-0.1, -0.05) is 19.3 Å².